The molecule has 7 nitrogen and oxygen atoms in total. The molecular formula is C9H13N3O4S. The molecule has 1 aromatic heterocycles. The first-order valence-electron chi connectivity index (χ1n) is 5.17. The van der Waals surface area contributed by atoms with Gasteiger partial charge in [-0.1, -0.05) is 0 Å². The number of sulfone groups is 1. The van der Waals surface area contributed by atoms with Crippen LogP contribution < -0.4 is 5.73 Å². The third-order valence-electron chi connectivity index (χ3n) is 2.93. The van der Waals surface area contributed by atoms with Crippen molar-refractivity contribution in [1.82, 2.24) is 9.78 Å². The van der Waals surface area contributed by atoms with E-state index in [0.717, 1.165) is 0 Å². The van der Waals surface area contributed by atoms with Gasteiger partial charge in [-0.15, -0.1) is 0 Å². The molecule has 3 N–H and O–H groups in total. The van der Waals surface area contributed by atoms with Gasteiger partial charge >= 0.3 is 5.97 Å². The van der Waals surface area contributed by atoms with E-state index in [1.807, 2.05) is 0 Å². The highest BCUT2D eigenvalue weighted by Crippen LogP contribution is 2.26. The van der Waals surface area contributed by atoms with Gasteiger partial charge in [-0.2, -0.15) is 5.10 Å². The van der Waals surface area contributed by atoms with Crippen molar-refractivity contribution in [2.24, 2.45) is 0 Å². The zero-order valence-electron chi connectivity index (χ0n) is 9.04. The van der Waals surface area contributed by atoms with E-state index in [-0.39, 0.29) is 28.9 Å². The highest BCUT2D eigenvalue weighted by atomic mass is 32.2. The lowest BCUT2D eigenvalue weighted by atomic mass is 10.1. The molecule has 0 amide bonds. The highest BCUT2D eigenvalue weighted by molar-refractivity contribution is 7.91. The zero-order valence-corrected chi connectivity index (χ0v) is 9.85. The molecule has 0 aliphatic carbocycles. The van der Waals surface area contributed by atoms with Gasteiger partial charge in [-0.05, 0) is 12.8 Å². The zero-order chi connectivity index (χ0) is 12.6. The van der Waals surface area contributed by atoms with Crippen LogP contribution >= 0.6 is 0 Å². The van der Waals surface area contributed by atoms with Gasteiger partial charge in [0.15, 0.2) is 0 Å². The molecule has 1 aliphatic heterocycles. The predicted molar refractivity (Wildman–Crippen MR) is 60.5 cm³/mol. The van der Waals surface area contributed by atoms with Crippen LogP contribution in [0.2, 0.25) is 0 Å². The summed E-state index contributed by atoms with van der Waals surface area (Å²) in [5, 5.41) is 12.8. The normalized spacial score (nSPS) is 20.2. The molecule has 2 heterocycles. The summed E-state index contributed by atoms with van der Waals surface area (Å²) in [7, 11) is -2.94. The van der Waals surface area contributed by atoms with Crippen LogP contribution in [0.1, 0.15) is 29.2 Å². The van der Waals surface area contributed by atoms with Crippen molar-refractivity contribution in [1.29, 1.82) is 0 Å². The first kappa shape index (κ1) is 11.9. The van der Waals surface area contributed by atoms with Gasteiger partial charge in [0, 0.05) is 0 Å². The Bertz CT molecular complexity index is 535. The van der Waals surface area contributed by atoms with E-state index in [1.165, 1.54) is 10.9 Å². The van der Waals surface area contributed by atoms with Gasteiger partial charge in [-0.3, -0.25) is 0 Å². The molecule has 1 fully saturated rings. The first-order chi connectivity index (χ1) is 7.91. The highest BCUT2D eigenvalue weighted by Gasteiger charge is 2.27. The van der Waals surface area contributed by atoms with Crippen LogP contribution in [0.25, 0.3) is 0 Å². The lowest BCUT2D eigenvalue weighted by Gasteiger charge is -2.23. The molecule has 0 bridgehead atoms. The number of hydrogen-bond acceptors (Lipinski definition) is 5. The monoisotopic (exact) mass is 259 g/mol. The summed E-state index contributed by atoms with van der Waals surface area (Å²) in [6.45, 7) is 0. The molecule has 0 aromatic carbocycles. The number of aromatic carboxylic acids is 1. The van der Waals surface area contributed by atoms with E-state index in [0.29, 0.717) is 12.8 Å². The number of hydrogen-bond donors (Lipinski definition) is 2. The largest absolute Gasteiger partial charge is 0.477 e. The van der Waals surface area contributed by atoms with Gasteiger partial charge in [0.1, 0.15) is 21.2 Å². The Hall–Kier alpha value is -1.57. The van der Waals surface area contributed by atoms with Crippen LogP contribution in [0.15, 0.2) is 6.20 Å². The SMILES string of the molecule is Nc1c(C(=O)O)cnn1C1CCS(=O)(=O)CC1. The molecule has 0 atom stereocenters. The van der Waals surface area contributed by atoms with Gasteiger partial charge in [-0.25, -0.2) is 17.9 Å². The number of anilines is 1. The van der Waals surface area contributed by atoms with E-state index >= 15 is 0 Å². The maximum atomic E-state index is 11.3. The first-order valence-corrected chi connectivity index (χ1v) is 6.99. The Balaban J connectivity index is 2.22. The molecule has 2 rings (SSSR count). The van der Waals surface area contributed by atoms with E-state index in [9.17, 15) is 13.2 Å². The number of aromatic nitrogens is 2. The molecule has 1 aromatic rings. The summed E-state index contributed by atoms with van der Waals surface area (Å²) >= 11 is 0. The third kappa shape index (κ3) is 2.26. The molecule has 0 spiro atoms. The fraction of sp³-hybridized carbons (Fsp3) is 0.556. The van der Waals surface area contributed by atoms with Gasteiger partial charge < -0.3 is 10.8 Å². The average molecular weight is 259 g/mol. The predicted octanol–water partition coefficient (Wildman–Crippen LogP) is -0.0868. The number of nitrogens with zero attached hydrogens (tertiary/aromatic N) is 2. The topological polar surface area (TPSA) is 115 Å². The second-order valence-electron chi connectivity index (χ2n) is 4.08. The Morgan fingerprint density at radius 2 is 2.06 bits per heavy atom. The quantitative estimate of drug-likeness (QED) is 0.767. The second-order valence-corrected chi connectivity index (χ2v) is 6.38. The van der Waals surface area contributed by atoms with E-state index in [4.69, 9.17) is 10.8 Å². The van der Waals surface area contributed by atoms with E-state index in [1.54, 1.807) is 0 Å². The summed E-state index contributed by atoms with van der Waals surface area (Å²) in [6.07, 6.45) is 2.04. The van der Waals surface area contributed by atoms with E-state index in [2.05, 4.69) is 5.10 Å². The number of nitrogens with two attached hydrogens (primary N) is 1. The number of carboxylic acid groups (broad SMARTS) is 1. The van der Waals surface area contributed by atoms with Crippen molar-refractivity contribution in [3.63, 3.8) is 0 Å². The minimum Gasteiger partial charge on any atom is -0.477 e. The summed E-state index contributed by atoms with van der Waals surface area (Å²) in [5.41, 5.74) is 5.63. The van der Waals surface area contributed by atoms with Crippen LogP contribution in [-0.2, 0) is 9.84 Å². The second kappa shape index (κ2) is 4.02. The Labute approximate surface area is 98.1 Å². The summed E-state index contributed by atoms with van der Waals surface area (Å²) in [5.74, 6) is -0.849. The van der Waals surface area contributed by atoms with Gasteiger partial charge in [0.05, 0.1) is 23.7 Å². The molecule has 0 saturated carbocycles. The molecule has 1 saturated heterocycles. The maximum absolute atomic E-state index is 11.3. The minimum absolute atomic E-state index is 0.0431. The smallest absolute Gasteiger partial charge is 0.341 e. The fourth-order valence-corrected chi connectivity index (χ4v) is 3.42. The Morgan fingerprint density at radius 1 is 1.47 bits per heavy atom. The molecular weight excluding hydrogens is 246 g/mol. The molecule has 17 heavy (non-hydrogen) atoms. The number of carboxylic acids is 1. The number of nitrogen functional groups attached to an aromatic ring is 1. The summed E-state index contributed by atoms with van der Waals surface area (Å²) in [4.78, 5) is 10.8. The van der Waals surface area contributed by atoms with Crippen LogP contribution in [0, 0.1) is 0 Å². The Kier molecular flexibility index (Phi) is 2.82. The lowest BCUT2D eigenvalue weighted by molar-refractivity contribution is 0.0698. The maximum Gasteiger partial charge on any atom is 0.341 e. The van der Waals surface area contributed by atoms with Crippen molar-refractivity contribution < 1.29 is 18.3 Å². The minimum atomic E-state index is -2.94. The number of rotatable bonds is 2. The molecule has 1 aliphatic rings. The third-order valence-corrected chi connectivity index (χ3v) is 4.65. The van der Waals surface area contributed by atoms with Crippen LogP contribution in [0.4, 0.5) is 5.82 Å². The molecule has 94 valence electrons. The number of carbonyl (C=O) groups is 1. The van der Waals surface area contributed by atoms with Crippen molar-refractivity contribution in [2.75, 3.05) is 17.2 Å². The van der Waals surface area contributed by atoms with Gasteiger partial charge in [0.2, 0.25) is 0 Å². The molecule has 8 heteroatoms. The van der Waals surface area contributed by atoms with Crippen LogP contribution in [0.5, 0.6) is 0 Å². The van der Waals surface area contributed by atoms with Crippen molar-refractivity contribution in [2.45, 2.75) is 18.9 Å². The lowest BCUT2D eigenvalue weighted by Crippen LogP contribution is -2.26. The van der Waals surface area contributed by atoms with Crippen LogP contribution in [0.3, 0.4) is 0 Å². The van der Waals surface area contributed by atoms with Gasteiger partial charge in [0.25, 0.3) is 0 Å². The van der Waals surface area contributed by atoms with Crippen molar-refractivity contribution >= 4 is 21.6 Å². The molecule has 0 radical (unpaired) electrons. The summed E-state index contributed by atoms with van der Waals surface area (Å²) < 4.78 is 24.0. The Morgan fingerprint density at radius 3 is 2.53 bits per heavy atom. The average Bonchev–Trinajstić information content (AvgIpc) is 2.60. The van der Waals surface area contributed by atoms with Crippen LogP contribution in [-0.4, -0.2) is 40.8 Å². The fourth-order valence-electron chi connectivity index (χ4n) is 1.95. The van der Waals surface area contributed by atoms with Crippen molar-refractivity contribution in [3.05, 3.63) is 11.8 Å². The molecule has 0 unspecified atom stereocenters. The van der Waals surface area contributed by atoms with E-state index < -0.39 is 15.8 Å². The standard InChI is InChI=1S/C9H13N3O4S/c10-8-7(9(13)14)5-11-12(8)6-1-3-17(15,16)4-2-6/h5-6H,1-4,10H2,(H,13,14). The van der Waals surface area contributed by atoms with Crippen molar-refractivity contribution in [3.8, 4) is 0 Å². The summed E-state index contributed by atoms with van der Waals surface area (Å²) in [6, 6.07) is -0.133.